The van der Waals surface area contributed by atoms with E-state index in [0.717, 1.165) is 22.5 Å². The zero-order valence-corrected chi connectivity index (χ0v) is 13.6. The van der Waals surface area contributed by atoms with Gasteiger partial charge in [0.25, 0.3) is 0 Å². The van der Waals surface area contributed by atoms with Gasteiger partial charge >= 0.3 is 0 Å². The van der Waals surface area contributed by atoms with Crippen molar-refractivity contribution in [2.24, 2.45) is 0 Å². The number of nitrogens with zero attached hydrogens (tertiary/aromatic N) is 2. The molecule has 1 atom stereocenters. The summed E-state index contributed by atoms with van der Waals surface area (Å²) in [6, 6.07) is 5.24. The topological polar surface area (TPSA) is 17.8 Å². The van der Waals surface area contributed by atoms with Crippen LogP contribution in [0.1, 0.15) is 18.1 Å². The number of alkyl halides is 1. The monoisotopic (exact) mass is 406 g/mol. The first-order valence-corrected chi connectivity index (χ1v) is 8.08. The van der Waals surface area contributed by atoms with Gasteiger partial charge in [-0.2, -0.15) is 11.3 Å². The number of hydrogen-bond donors (Lipinski definition) is 0. The third kappa shape index (κ3) is 2.28. The normalized spacial score (nSPS) is 13.1. The van der Waals surface area contributed by atoms with E-state index in [1.807, 2.05) is 50.9 Å². The van der Waals surface area contributed by atoms with Crippen LogP contribution in [0.2, 0.25) is 0 Å². The lowest BCUT2D eigenvalue weighted by Gasteiger charge is -2.08. The van der Waals surface area contributed by atoms with Gasteiger partial charge in [-0.05, 0) is 47.0 Å². The van der Waals surface area contributed by atoms with Crippen molar-refractivity contribution in [1.82, 2.24) is 9.55 Å². The Bertz CT molecular complexity index is 737. The Hall–Kier alpha value is -0.660. The Balaban J connectivity index is 2.39. The molecular formula is C13H9ClFIN2S. The molecule has 0 saturated carbocycles. The highest BCUT2D eigenvalue weighted by Gasteiger charge is 2.18. The molecule has 98 valence electrons. The van der Waals surface area contributed by atoms with Crippen LogP contribution in [0.25, 0.3) is 16.7 Å². The smallest absolute Gasteiger partial charge is 0.138 e. The molecule has 1 unspecified atom stereocenters. The molecule has 1 aromatic carbocycles. The fourth-order valence-corrected chi connectivity index (χ4v) is 3.23. The van der Waals surface area contributed by atoms with E-state index in [9.17, 15) is 4.39 Å². The first-order valence-electron chi connectivity index (χ1n) is 5.62. The molecule has 2 nitrogen and oxygen atoms in total. The van der Waals surface area contributed by atoms with Crippen LogP contribution in [0.4, 0.5) is 4.39 Å². The minimum atomic E-state index is -0.243. The maximum Gasteiger partial charge on any atom is 0.138 e. The summed E-state index contributed by atoms with van der Waals surface area (Å²) in [4.78, 5) is 4.53. The van der Waals surface area contributed by atoms with Crippen molar-refractivity contribution in [3.8, 4) is 5.69 Å². The predicted molar refractivity (Wildman–Crippen MR) is 85.9 cm³/mol. The summed E-state index contributed by atoms with van der Waals surface area (Å²) < 4.78 is 16.3. The van der Waals surface area contributed by atoms with Crippen molar-refractivity contribution in [3.63, 3.8) is 0 Å². The van der Waals surface area contributed by atoms with Crippen molar-refractivity contribution in [2.75, 3.05) is 0 Å². The Morgan fingerprint density at radius 3 is 2.89 bits per heavy atom. The standard InChI is InChI=1S/C13H9ClFIN2S/c1-7(14)13-17-11-5-10(16)9(15)4-12(11)18(13)8-2-3-19-6-8/h2-7H,1H3. The average Bonchev–Trinajstić information content (AvgIpc) is 2.96. The second kappa shape index (κ2) is 5.03. The van der Waals surface area contributed by atoms with E-state index in [4.69, 9.17) is 11.6 Å². The lowest BCUT2D eigenvalue weighted by molar-refractivity contribution is 0.621. The molecule has 0 fully saturated rings. The number of hydrogen-bond acceptors (Lipinski definition) is 2. The Morgan fingerprint density at radius 2 is 2.26 bits per heavy atom. The molecular weight excluding hydrogens is 398 g/mol. The second-order valence-corrected chi connectivity index (χ2v) is 6.75. The summed E-state index contributed by atoms with van der Waals surface area (Å²) in [5, 5.41) is 3.74. The van der Waals surface area contributed by atoms with E-state index in [2.05, 4.69) is 4.98 Å². The molecule has 2 aromatic heterocycles. The van der Waals surface area contributed by atoms with Gasteiger partial charge in [0.05, 0.1) is 25.7 Å². The number of rotatable bonds is 2. The Labute approximate surface area is 132 Å². The lowest BCUT2D eigenvalue weighted by Crippen LogP contribution is -2.00. The van der Waals surface area contributed by atoms with E-state index < -0.39 is 0 Å². The Morgan fingerprint density at radius 1 is 1.47 bits per heavy atom. The highest BCUT2D eigenvalue weighted by atomic mass is 127. The molecule has 3 aromatic rings. The molecule has 6 heteroatoms. The van der Waals surface area contributed by atoms with Gasteiger partial charge in [0.15, 0.2) is 0 Å². The van der Waals surface area contributed by atoms with Crippen molar-refractivity contribution in [1.29, 1.82) is 0 Å². The van der Waals surface area contributed by atoms with Gasteiger partial charge in [-0.3, -0.25) is 4.57 Å². The molecule has 3 rings (SSSR count). The molecule has 0 radical (unpaired) electrons. The van der Waals surface area contributed by atoms with E-state index >= 15 is 0 Å². The largest absolute Gasteiger partial charge is 0.294 e. The number of benzene rings is 1. The fourth-order valence-electron chi connectivity index (χ4n) is 2.01. The highest BCUT2D eigenvalue weighted by molar-refractivity contribution is 14.1. The van der Waals surface area contributed by atoms with Crippen molar-refractivity contribution in [2.45, 2.75) is 12.3 Å². The quantitative estimate of drug-likeness (QED) is 0.426. The molecule has 0 aliphatic rings. The number of aromatic nitrogens is 2. The van der Waals surface area contributed by atoms with Gasteiger partial charge in [0, 0.05) is 11.4 Å². The van der Waals surface area contributed by atoms with Gasteiger partial charge in [0.2, 0.25) is 0 Å². The fraction of sp³-hybridized carbons (Fsp3) is 0.154. The van der Waals surface area contributed by atoms with Gasteiger partial charge in [-0.15, -0.1) is 11.6 Å². The molecule has 0 aliphatic heterocycles. The van der Waals surface area contributed by atoms with Crippen molar-refractivity contribution >= 4 is 56.6 Å². The van der Waals surface area contributed by atoms with Gasteiger partial charge in [-0.25, -0.2) is 9.37 Å². The van der Waals surface area contributed by atoms with E-state index in [0.29, 0.717) is 3.57 Å². The third-order valence-electron chi connectivity index (χ3n) is 2.84. The number of halogens is 3. The van der Waals surface area contributed by atoms with Crippen LogP contribution < -0.4 is 0 Å². The van der Waals surface area contributed by atoms with Crippen LogP contribution in [0.5, 0.6) is 0 Å². The molecule has 0 saturated heterocycles. The summed E-state index contributed by atoms with van der Waals surface area (Å²) in [5.74, 6) is 0.495. The summed E-state index contributed by atoms with van der Waals surface area (Å²) in [7, 11) is 0. The second-order valence-electron chi connectivity index (χ2n) is 4.16. The minimum Gasteiger partial charge on any atom is -0.294 e. The molecule has 0 spiro atoms. The van der Waals surface area contributed by atoms with Crippen LogP contribution in [0.3, 0.4) is 0 Å². The molecule has 0 aliphatic carbocycles. The summed E-state index contributed by atoms with van der Waals surface area (Å²) >= 11 is 9.76. The van der Waals surface area contributed by atoms with Gasteiger partial charge < -0.3 is 0 Å². The lowest BCUT2D eigenvalue weighted by atomic mass is 10.3. The molecule has 0 N–H and O–H groups in total. The Kier molecular flexibility index (Phi) is 3.53. The minimum absolute atomic E-state index is 0.238. The molecule has 19 heavy (non-hydrogen) atoms. The third-order valence-corrected chi connectivity index (χ3v) is 4.54. The molecule has 2 heterocycles. The van der Waals surface area contributed by atoms with Gasteiger partial charge in [-0.1, -0.05) is 0 Å². The summed E-state index contributed by atoms with van der Waals surface area (Å²) in [5.41, 5.74) is 2.48. The van der Waals surface area contributed by atoms with Crippen LogP contribution >= 0.6 is 45.5 Å². The zero-order valence-electron chi connectivity index (χ0n) is 9.90. The maximum atomic E-state index is 13.8. The van der Waals surface area contributed by atoms with Crippen LogP contribution in [-0.4, -0.2) is 9.55 Å². The van der Waals surface area contributed by atoms with E-state index in [1.54, 1.807) is 17.4 Å². The van der Waals surface area contributed by atoms with E-state index in [1.165, 1.54) is 6.07 Å². The number of thiophene rings is 1. The SMILES string of the molecule is CC(Cl)c1nc2cc(I)c(F)cc2n1-c1ccsc1. The highest BCUT2D eigenvalue weighted by Crippen LogP contribution is 2.30. The zero-order chi connectivity index (χ0) is 13.6. The molecule has 0 bridgehead atoms. The average molecular weight is 407 g/mol. The van der Waals surface area contributed by atoms with Crippen molar-refractivity contribution in [3.05, 3.63) is 44.2 Å². The van der Waals surface area contributed by atoms with Gasteiger partial charge in [0.1, 0.15) is 11.6 Å². The van der Waals surface area contributed by atoms with Crippen molar-refractivity contribution < 1.29 is 4.39 Å². The number of imidazole rings is 1. The van der Waals surface area contributed by atoms with Crippen LogP contribution in [0.15, 0.2) is 29.0 Å². The summed E-state index contributed by atoms with van der Waals surface area (Å²) in [6.45, 7) is 1.87. The first kappa shape index (κ1) is 13.3. The number of fused-ring (bicyclic) bond motifs is 1. The van der Waals surface area contributed by atoms with Crippen LogP contribution in [-0.2, 0) is 0 Å². The van der Waals surface area contributed by atoms with Crippen LogP contribution in [0, 0.1) is 9.39 Å². The summed E-state index contributed by atoms with van der Waals surface area (Å²) in [6.07, 6.45) is 0. The molecule has 0 amide bonds. The predicted octanol–water partition coefficient (Wildman–Crippen LogP) is 5.13. The first-order chi connectivity index (χ1) is 9.08. The maximum absolute atomic E-state index is 13.8. The van der Waals surface area contributed by atoms with E-state index in [-0.39, 0.29) is 11.2 Å².